The Kier molecular flexibility index (Phi) is 1.73. The number of hydrogen-bond donors (Lipinski definition) is 3. The number of rotatable bonds is 1. The fourth-order valence-electron chi connectivity index (χ4n) is 0.664. The number of anilines is 1. The van der Waals surface area contributed by atoms with E-state index in [1.54, 1.807) is 6.92 Å². The first-order valence-electron chi connectivity index (χ1n) is 2.83. The van der Waals surface area contributed by atoms with E-state index in [0.717, 1.165) is 5.56 Å². The van der Waals surface area contributed by atoms with Crippen molar-refractivity contribution in [2.45, 2.75) is 6.92 Å². The number of H-pyrrole nitrogens is 1. The molecule has 0 aliphatic rings. The molecule has 0 radical (unpaired) electrons. The van der Waals surface area contributed by atoms with Crippen LogP contribution in [0.5, 0.6) is 0 Å². The summed E-state index contributed by atoms with van der Waals surface area (Å²) in [5, 5.41) is 8.44. The average Bonchev–Trinajstić information content (AvgIpc) is 1.94. The molecular formula is C6H8N2O2. The first kappa shape index (κ1) is 6.82. The number of pyridine rings is 1. The van der Waals surface area contributed by atoms with Gasteiger partial charge >= 0.3 is 0 Å². The van der Waals surface area contributed by atoms with E-state index in [9.17, 15) is 4.79 Å². The SMILES string of the molecule is Cc1c[nH]c(=O)cc1NO. The molecule has 4 nitrogen and oxygen atoms in total. The average molecular weight is 140 g/mol. The Balaban J connectivity index is 3.22. The second-order valence-electron chi connectivity index (χ2n) is 2.01. The van der Waals surface area contributed by atoms with Gasteiger partial charge < -0.3 is 4.98 Å². The van der Waals surface area contributed by atoms with Crippen LogP contribution in [0.4, 0.5) is 5.69 Å². The van der Waals surface area contributed by atoms with E-state index >= 15 is 0 Å². The van der Waals surface area contributed by atoms with Crippen molar-refractivity contribution in [3.8, 4) is 0 Å². The zero-order valence-electron chi connectivity index (χ0n) is 5.51. The second kappa shape index (κ2) is 2.53. The number of nitrogens with one attached hydrogen (secondary N) is 2. The predicted molar refractivity (Wildman–Crippen MR) is 37.2 cm³/mol. The molecule has 1 rings (SSSR count). The molecule has 54 valence electrons. The summed E-state index contributed by atoms with van der Waals surface area (Å²) in [6, 6.07) is 1.29. The Bertz CT molecular complexity index is 279. The van der Waals surface area contributed by atoms with Crippen LogP contribution in [0.3, 0.4) is 0 Å². The molecule has 0 fully saturated rings. The van der Waals surface area contributed by atoms with Gasteiger partial charge in [-0.25, -0.2) is 0 Å². The molecule has 1 heterocycles. The Labute approximate surface area is 57.5 Å². The lowest BCUT2D eigenvalue weighted by molar-refractivity contribution is 0.388. The van der Waals surface area contributed by atoms with Gasteiger partial charge in [0, 0.05) is 12.3 Å². The van der Waals surface area contributed by atoms with Crippen LogP contribution in [-0.2, 0) is 0 Å². The highest BCUT2D eigenvalue weighted by atomic mass is 16.5. The molecule has 0 aliphatic heterocycles. The minimum atomic E-state index is -0.234. The van der Waals surface area contributed by atoms with Crippen molar-refractivity contribution in [2.24, 2.45) is 0 Å². The third-order valence-corrected chi connectivity index (χ3v) is 1.25. The van der Waals surface area contributed by atoms with Crippen LogP contribution in [0.2, 0.25) is 0 Å². The largest absolute Gasteiger partial charge is 0.329 e. The van der Waals surface area contributed by atoms with Gasteiger partial charge in [-0.1, -0.05) is 0 Å². The minimum Gasteiger partial charge on any atom is -0.329 e. The molecule has 0 amide bonds. The number of aromatic amines is 1. The minimum absolute atomic E-state index is 0.234. The van der Waals surface area contributed by atoms with Crippen LogP contribution in [0, 0.1) is 6.92 Å². The molecule has 0 spiro atoms. The summed E-state index contributed by atoms with van der Waals surface area (Å²) in [6.45, 7) is 1.77. The molecule has 3 N–H and O–H groups in total. The molecular weight excluding hydrogens is 132 g/mol. The van der Waals surface area contributed by atoms with E-state index in [4.69, 9.17) is 5.21 Å². The van der Waals surface area contributed by atoms with Gasteiger partial charge in [-0.15, -0.1) is 0 Å². The molecule has 1 aromatic rings. The van der Waals surface area contributed by atoms with Crippen molar-refractivity contribution < 1.29 is 5.21 Å². The van der Waals surface area contributed by atoms with Gasteiger partial charge in [-0.05, 0) is 12.5 Å². The second-order valence-corrected chi connectivity index (χ2v) is 2.01. The van der Waals surface area contributed by atoms with Gasteiger partial charge in [-0.3, -0.25) is 15.5 Å². The van der Waals surface area contributed by atoms with Crippen LogP contribution in [-0.4, -0.2) is 10.2 Å². The van der Waals surface area contributed by atoms with E-state index in [1.165, 1.54) is 12.3 Å². The standard InChI is InChI=1S/C6H8N2O2/c1-4-3-7-6(9)2-5(4)8-10/h2-3,10H,1H3,(H2,7,8,9). The quantitative estimate of drug-likeness (QED) is 0.497. The molecule has 0 atom stereocenters. The van der Waals surface area contributed by atoms with Crippen molar-refractivity contribution in [1.82, 2.24) is 4.98 Å². The number of aryl methyl sites for hydroxylation is 1. The number of hydrogen-bond acceptors (Lipinski definition) is 3. The monoisotopic (exact) mass is 140 g/mol. The van der Waals surface area contributed by atoms with E-state index in [-0.39, 0.29) is 5.56 Å². The van der Waals surface area contributed by atoms with Crippen molar-refractivity contribution in [3.05, 3.63) is 28.2 Å². The van der Waals surface area contributed by atoms with Crippen molar-refractivity contribution in [1.29, 1.82) is 0 Å². The summed E-state index contributed by atoms with van der Waals surface area (Å²) < 4.78 is 0. The van der Waals surface area contributed by atoms with Crippen LogP contribution < -0.4 is 11.0 Å². The van der Waals surface area contributed by atoms with Crippen molar-refractivity contribution in [3.63, 3.8) is 0 Å². The molecule has 0 aromatic carbocycles. The molecule has 4 heteroatoms. The fraction of sp³-hybridized carbons (Fsp3) is 0.167. The maximum Gasteiger partial charge on any atom is 0.250 e. The van der Waals surface area contributed by atoms with E-state index < -0.39 is 0 Å². The van der Waals surface area contributed by atoms with Gasteiger partial charge in [0.15, 0.2) is 0 Å². The molecule has 10 heavy (non-hydrogen) atoms. The van der Waals surface area contributed by atoms with Crippen LogP contribution in [0.15, 0.2) is 17.1 Å². The third kappa shape index (κ3) is 1.16. The molecule has 0 aliphatic carbocycles. The lowest BCUT2D eigenvalue weighted by Gasteiger charge is -1.99. The zero-order chi connectivity index (χ0) is 7.56. The predicted octanol–water partition coefficient (Wildman–Crippen LogP) is 0.484. The summed E-state index contributed by atoms with van der Waals surface area (Å²) in [5.74, 6) is 0. The Hall–Kier alpha value is -1.29. The molecule has 0 saturated heterocycles. The lowest BCUT2D eigenvalue weighted by atomic mass is 10.3. The van der Waals surface area contributed by atoms with Crippen LogP contribution in [0.25, 0.3) is 0 Å². The highest BCUT2D eigenvalue weighted by Crippen LogP contribution is 2.06. The lowest BCUT2D eigenvalue weighted by Crippen LogP contribution is -2.06. The molecule has 0 saturated carbocycles. The van der Waals surface area contributed by atoms with Crippen LogP contribution in [0.1, 0.15) is 5.56 Å². The number of aromatic nitrogens is 1. The first-order valence-corrected chi connectivity index (χ1v) is 2.83. The first-order chi connectivity index (χ1) is 4.74. The Morgan fingerprint density at radius 2 is 2.40 bits per heavy atom. The van der Waals surface area contributed by atoms with E-state index in [2.05, 4.69) is 4.98 Å². The van der Waals surface area contributed by atoms with Crippen molar-refractivity contribution in [2.75, 3.05) is 5.48 Å². The summed E-state index contributed by atoms with van der Waals surface area (Å²) in [5.41, 5.74) is 2.91. The fourth-order valence-corrected chi connectivity index (χ4v) is 0.664. The van der Waals surface area contributed by atoms with Crippen molar-refractivity contribution >= 4 is 5.69 Å². The summed E-state index contributed by atoms with van der Waals surface area (Å²) >= 11 is 0. The van der Waals surface area contributed by atoms with Gasteiger partial charge in [-0.2, -0.15) is 0 Å². The highest BCUT2D eigenvalue weighted by molar-refractivity contribution is 5.46. The van der Waals surface area contributed by atoms with Gasteiger partial charge in [0.2, 0.25) is 5.56 Å². The third-order valence-electron chi connectivity index (χ3n) is 1.25. The van der Waals surface area contributed by atoms with E-state index in [0.29, 0.717) is 5.69 Å². The molecule has 0 bridgehead atoms. The van der Waals surface area contributed by atoms with Crippen LogP contribution >= 0.6 is 0 Å². The molecule has 1 aromatic heterocycles. The maximum absolute atomic E-state index is 10.6. The Morgan fingerprint density at radius 3 is 2.90 bits per heavy atom. The van der Waals surface area contributed by atoms with Gasteiger partial charge in [0.25, 0.3) is 0 Å². The summed E-state index contributed by atoms with van der Waals surface area (Å²) in [7, 11) is 0. The van der Waals surface area contributed by atoms with Gasteiger partial charge in [0.1, 0.15) is 0 Å². The normalized spacial score (nSPS) is 9.40. The maximum atomic E-state index is 10.6. The smallest absolute Gasteiger partial charge is 0.250 e. The topological polar surface area (TPSA) is 65.1 Å². The summed E-state index contributed by atoms with van der Waals surface area (Å²) in [6.07, 6.45) is 1.53. The van der Waals surface area contributed by atoms with Gasteiger partial charge in [0.05, 0.1) is 5.69 Å². The zero-order valence-corrected chi connectivity index (χ0v) is 5.51. The Morgan fingerprint density at radius 1 is 1.70 bits per heavy atom. The van der Waals surface area contributed by atoms with E-state index in [1.807, 2.05) is 5.48 Å². The molecule has 0 unspecified atom stereocenters. The summed E-state index contributed by atoms with van der Waals surface area (Å²) in [4.78, 5) is 13.1. The highest BCUT2D eigenvalue weighted by Gasteiger charge is 1.94.